The van der Waals surface area contributed by atoms with E-state index < -0.39 is 0 Å². The van der Waals surface area contributed by atoms with Gasteiger partial charge in [0.1, 0.15) is 0 Å². The Hall–Kier alpha value is -1.32. The first-order chi connectivity index (χ1) is 10.4. The van der Waals surface area contributed by atoms with E-state index in [9.17, 15) is 4.79 Å². The van der Waals surface area contributed by atoms with E-state index in [1.165, 1.54) is 19.3 Å². The minimum atomic E-state index is -0.0564. The average Bonchev–Trinajstić information content (AvgIpc) is 2.76. The Kier molecular flexibility index (Phi) is 3.14. The minimum absolute atomic E-state index is 0.0502. The van der Waals surface area contributed by atoms with E-state index in [2.05, 4.69) is 17.3 Å². The van der Waals surface area contributed by atoms with Gasteiger partial charge >= 0.3 is 0 Å². The molecule has 1 N–H and O–H groups in total. The molecule has 22 heavy (non-hydrogen) atoms. The summed E-state index contributed by atoms with van der Waals surface area (Å²) >= 11 is 0. The van der Waals surface area contributed by atoms with Gasteiger partial charge in [-0.2, -0.15) is 5.10 Å². The highest BCUT2D eigenvalue weighted by Gasteiger charge is 2.54. The molecule has 4 aliphatic rings. The molecular formula is C18H27N3O. The van der Waals surface area contributed by atoms with Crippen molar-refractivity contribution in [3.05, 3.63) is 17.5 Å². The lowest BCUT2D eigenvalue weighted by Gasteiger charge is -2.55. The highest BCUT2D eigenvalue weighted by molar-refractivity contribution is 5.83. The normalized spacial score (nSPS) is 37.3. The maximum absolute atomic E-state index is 13.1. The number of nitrogens with zero attached hydrogens (tertiary/aromatic N) is 2. The van der Waals surface area contributed by atoms with Crippen LogP contribution in [0.25, 0.3) is 0 Å². The summed E-state index contributed by atoms with van der Waals surface area (Å²) in [6.45, 7) is 4.10. The van der Waals surface area contributed by atoms with E-state index in [1.807, 2.05) is 24.9 Å². The summed E-state index contributed by atoms with van der Waals surface area (Å²) < 4.78 is 1.83. The van der Waals surface area contributed by atoms with E-state index >= 15 is 0 Å². The van der Waals surface area contributed by atoms with Gasteiger partial charge in [-0.15, -0.1) is 0 Å². The van der Waals surface area contributed by atoms with Crippen LogP contribution < -0.4 is 5.32 Å². The SMILES string of the molecule is Cc1nn(C)cc1C(C)NC(=O)C12CC3CC(CC(C3)C1)C2. The number of carbonyl (C=O) groups is 1. The van der Waals surface area contributed by atoms with Crippen molar-refractivity contribution in [2.24, 2.45) is 30.2 Å². The lowest BCUT2D eigenvalue weighted by molar-refractivity contribution is -0.147. The van der Waals surface area contributed by atoms with Crippen molar-refractivity contribution in [1.82, 2.24) is 15.1 Å². The average molecular weight is 301 g/mol. The lowest BCUT2D eigenvalue weighted by atomic mass is 9.49. The zero-order valence-corrected chi connectivity index (χ0v) is 13.9. The quantitative estimate of drug-likeness (QED) is 0.932. The lowest BCUT2D eigenvalue weighted by Crippen LogP contribution is -2.53. The van der Waals surface area contributed by atoms with Gasteiger partial charge in [0, 0.05) is 24.2 Å². The Morgan fingerprint density at radius 1 is 1.27 bits per heavy atom. The first-order valence-electron chi connectivity index (χ1n) is 8.76. The van der Waals surface area contributed by atoms with Crippen LogP contribution in [0.2, 0.25) is 0 Å². The highest BCUT2D eigenvalue weighted by Crippen LogP contribution is 2.60. The molecule has 4 aliphatic carbocycles. The molecule has 0 saturated heterocycles. The number of carbonyl (C=O) groups excluding carboxylic acids is 1. The van der Waals surface area contributed by atoms with Crippen molar-refractivity contribution < 1.29 is 4.79 Å². The van der Waals surface area contributed by atoms with Gasteiger partial charge in [-0.3, -0.25) is 9.48 Å². The molecule has 1 aromatic heterocycles. The Morgan fingerprint density at radius 3 is 2.27 bits per heavy atom. The number of hydrogen-bond acceptors (Lipinski definition) is 2. The smallest absolute Gasteiger partial charge is 0.226 e. The zero-order valence-electron chi connectivity index (χ0n) is 13.9. The van der Waals surface area contributed by atoms with Crippen LogP contribution in [-0.2, 0) is 11.8 Å². The third kappa shape index (κ3) is 2.19. The Bertz CT molecular complexity index is 568. The Morgan fingerprint density at radius 2 is 1.82 bits per heavy atom. The van der Waals surface area contributed by atoms with Crippen molar-refractivity contribution in [3.63, 3.8) is 0 Å². The fraction of sp³-hybridized carbons (Fsp3) is 0.778. The molecule has 0 spiro atoms. The largest absolute Gasteiger partial charge is 0.349 e. The van der Waals surface area contributed by atoms with Crippen LogP contribution in [0.4, 0.5) is 0 Å². The molecule has 1 atom stereocenters. The van der Waals surface area contributed by atoms with Gasteiger partial charge in [0.2, 0.25) is 5.91 Å². The number of aromatic nitrogens is 2. The van der Waals surface area contributed by atoms with Crippen molar-refractivity contribution in [3.8, 4) is 0 Å². The fourth-order valence-electron chi connectivity index (χ4n) is 5.86. The molecule has 5 rings (SSSR count). The van der Waals surface area contributed by atoms with E-state index in [4.69, 9.17) is 0 Å². The highest BCUT2D eigenvalue weighted by atomic mass is 16.2. The number of rotatable bonds is 3. The molecule has 1 amide bonds. The second-order valence-corrected chi connectivity index (χ2v) is 8.24. The molecule has 0 aliphatic heterocycles. The van der Waals surface area contributed by atoms with Crippen LogP contribution >= 0.6 is 0 Å². The molecular weight excluding hydrogens is 274 g/mol. The molecule has 1 unspecified atom stereocenters. The van der Waals surface area contributed by atoms with E-state index in [0.717, 1.165) is 48.3 Å². The molecule has 0 aromatic carbocycles. The third-order valence-electron chi connectivity index (χ3n) is 6.39. The summed E-state index contributed by atoms with van der Waals surface area (Å²) in [6, 6.07) is 0.0502. The molecule has 4 saturated carbocycles. The third-order valence-corrected chi connectivity index (χ3v) is 6.39. The zero-order chi connectivity index (χ0) is 15.5. The van der Waals surface area contributed by atoms with Crippen molar-refractivity contribution in [1.29, 1.82) is 0 Å². The van der Waals surface area contributed by atoms with Gasteiger partial charge in [-0.1, -0.05) is 0 Å². The molecule has 1 aromatic rings. The Balaban J connectivity index is 1.51. The molecule has 1 heterocycles. The van der Waals surface area contributed by atoms with Gasteiger partial charge in [-0.05, 0) is 70.1 Å². The summed E-state index contributed by atoms with van der Waals surface area (Å²) in [5.74, 6) is 2.75. The summed E-state index contributed by atoms with van der Waals surface area (Å²) in [5.41, 5.74) is 2.10. The number of aryl methyl sites for hydroxylation is 2. The van der Waals surface area contributed by atoms with Crippen molar-refractivity contribution in [2.45, 2.75) is 58.4 Å². The topological polar surface area (TPSA) is 46.9 Å². The summed E-state index contributed by atoms with van der Waals surface area (Å²) in [7, 11) is 1.93. The van der Waals surface area contributed by atoms with E-state index in [0.29, 0.717) is 5.91 Å². The van der Waals surface area contributed by atoms with Gasteiger partial charge in [0.05, 0.1) is 11.7 Å². The number of hydrogen-bond donors (Lipinski definition) is 1. The van der Waals surface area contributed by atoms with E-state index in [1.54, 1.807) is 0 Å². The van der Waals surface area contributed by atoms with Crippen molar-refractivity contribution in [2.75, 3.05) is 0 Å². The molecule has 120 valence electrons. The molecule has 4 nitrogen and oxygen atoms in total. The van der Waals surface area contributed by atoms with Crippen molar-refractivity contribution >= 4 is 5.91 Å². The second-order valence-electron chi connectivity index (χ2n) is 8.24. The summed E-state index contributed by atoms with van der Waals surface area (Å²) in [6.07, 6.45) is 9.55. The van der Waals surface area contributed by atoms with Crippen LogP contribution in [0.3, 0.4) is 0 Å². The number of amides is 1. The molecule has 4 fully saturated rings. The van der Waals surface area contributed by atoms with Crippen LogP contribution in [0.1, 0.15) is 62.7 Å². The standard InChI is InChI=1S/C18H27N3O/c1-11(16-10-21(3)20-12(16)2)19-17(22)18-7-13-4-14(8-18)6-15(5-13)9-18/h10-11,13-15H,4-9H2,1-3H3,(H,19,22). The first kappa shape index (κ1) is 14.3. The van der Waals surface area contributed by atoms with Gasteiger partial charge < -0.3 is 5.32 Å². The van der Waals surface area contributed by atoms with Gasteiger partial charge in [-0.25, -0.2) is 0 Å². The first-order valence-corrected chi connectivity index (χ1v) is 8.76. The van der Waals surface area contributed by atoms with Gasteiger partial charge in [0.15, 0.2) is 0 Å². The summed E-state index contributed by atoms with van der Waals surface area (Å²) in [4.78, 5) is 13.1. The maximum Gasteiger partial charge on any atom is 0.226 e. The van der Waals surface area contributed by atoms with Crippen LogP contribution in [0, 0.1) is 30.1 Å². The Labute approximate surface area is 132 Å². The number of nitrogens with one attached hydrogen (secondary N) is 1. The minimum Gasteiger partial charge on any atom is -0.349 e. The molecule has 4 heteroatoms. The predicted molar refractivity (Wildman–Crippen MR) is 85.1 cm³/mol. The van der Waals surface area contributed by atoms with Crippen LogP contribution in [-0.4, -0.2) is 15.7 Å². The predicted octanol–water partition coefficient (Wildman–Crippen LogP) is 3.12. The maximum atomic E-state index is 13.1. The van der Waals surface area contributed by atoms with Crippen LogP contribution in [0.5, 0.6) is 0 Å². The van der Waals surface area contributed by atoms with Gasteiger partial charge in [0.25, 0.3) is 0 Å². The molecule has 0 radical (unpaired) electrons. The molecule has 4 bridgehead atoms. The van der Waals surface area contributed by atoms with Crippen LogP contribution in [0.15, 0.2) is 6.20 Å². The van der Waals surface area contributed by atoms with E-state index in [-0.39, 0.29) is 11.5 Å². The summed E-state index contributed by atoms with van der Waals surface area (Å²) in [5, 5.41) is 7.71. The monoisotopic (exact) mass is 301 g/mol. The second kappa shape index (κ2) is 4.84. The fourth-order valence-corrected chi connectivity index (χ4v) is 5.86.